The number of piperazine rings is 1. The van der Waals surface area contributed by atoms with E-state index in [4.69, 9.17) is 11.6 Å². The molecular formula is C20H25ClN3O+. The maximum Gasteiger partial charge on any atom is 0.255 e. The van der Waals surface area contributed by atoms with Crippen molar-refractivity contribution in [1.82, 2.24) is 0 Å². The minimum atomic E-state index is -0.106. The van der Waals surface area contributed by atoms with Crippen LogP contribution in [0.15, 0.2) is 42.5 Å². The Bertz CT molecular complexity index is 737. The second-order valence-electron chi connectivity index (χ2n) is 6.61. The molecule has 3 rings (SSSR count). The molecular weight excluding hydrogens is 334 g/mol. The van der Waals surface area contributed by atoms with Crippen LogP contribution in [0, 0.1) is 0 Å². The lowest BCUT2D eigenvalue weighted by Gasteiger charge is -2.33. The summed E-state index contributed by atoms with van der Waals surface area (Å²) >= 11 is 6.17. The van der Waals surface area contributed by atoms with Gasteiger partial charge in [-0.05, 0) is 42.3 Å². The number of carbonyl (C=O) groups excluding carboxylic acids is 1. The van der Waals surface area contributed by atoms with E-state index >= 15 is 0 Å². The Labute approximate surface area is 154 Å². The largest absolute Gasteiger partial charge is 0.359 e. The fourth-order valence-corrected chi connectivity index (χ4v) is 3.27. The molecule has 0 bridgehead atoms. The summed E-state index contributed by atoms with van der Waals surface area (Å²) in [6, 6.07) is 13.5. The smallest absolute Gasteiger partial charge is 0.255 e. The molecule has 0 saturated carbocycles. The van der Waals surface area contributed by atoms with E-state index in [9.17, 15) is 4.79 Å². The standard InChI is InChI=1S/C20H24ClN3O/c1-3-15-4-6-16(7-5-15)20(25)22-18-14-17(21)8-9-19(18)24-12-10-23(2)11-13-24/h4-9,14H,3,10-13H2,1-2H3,(H,22,25)/p+1. The third-order valence-electron chi connectivity index (χ3n) is 4.79. The van der Waals surface area contributed by atoms with Gasteiger partial charge in [-0.3, -0.25) is 4.79 Å². The molecule has 0 radical (unpaired) electrons. The van der Waals surface area contributed by atoms with Crippen molar-refractivity contribution in [3.05, 3.63) is 58.6 Å². The summed E-state index contributed by atoms with van der Waals surface area (Å²) in [7, 11) is 2.21. The van der Waals surface area contributed by atoms with Crippen LogP contribution in [0.25, 0.3) is 0 Å². The highest BCUT2D eigenvalue weighted by Gasteiger charge is 2.20. The van der Waals surface area contributed by atoms with Crippen LogP contribution in [0.2, 0.25) is 5.02 Å². The molecule has 2 aromatic carbocycles. The van der Waals surface area contributed by atoms with E-state index in [1.807, 2.05) is 42.5 Å². The molecule has 25 heavy (non-hydrogen) atoms. The van der Waals surface area contributed by atoms with Crippen molar-refractivity contribution in [2.75, 3.05) is 43.4 Å². The molecule has 1 heterocycles. The third-order valence-corrected chi connectivity index (χ3v) is 5.02. The molecule has 2 N–H and O–H groups in total. The second-order valence-corrected chi connectivity index (χ2v) is 7.05. The van der Waals surface area contributed by atoms with Crippen molar-refractivity contribution in [3.63, 3.8) is 0 Å². The van der Waals surface area contributed by atoms with Gasteiger partial charge in [0.15, 0.2) is 0 Å². The van der Waals surface area contributed by atoms with Crippen molar-refractivity contribution >= 4 is 28.9 Å². The van der Waals surface area contributed by atoms with Crippen molar-refractivity contribution in [3.8, 4) is 0 Å². The zero-order valence-electron chi connectivity index (χ0n) is 14.8. The Morgan fingerprint density at radius 3 is 2.48 bits per heavy atom. The van der Waals surface area contributed by atoms with Crippen LogP contribution in [0.3, 0.4) is 0 Å². The van der Waals surface area contributed by atoms with E-state index in [-0.39, 0.29) is 5.91 Å². The molecule has 4 nitrogen and oxygen atoms in total. The van der Waals surface area contributed by atoms with Gasteiger partial charge < -0.3 is 15.1 Å². The first-order valence-corrected chi connectivity index (χ1v) is 9.20. The molecule has 0 aromatic heterocycles. The number of benzene rings is 2. The molecule has 1 fully saturated rings. The first-order valence-electron chi connectivity index (χ1n) is 8.83. The Kier molecular flexibility index (Phi) is 5.61. The SMILES string of the molecule is CCc1ccc(C(=O)Nc2cc(Cl)ccc2N2CC[NH+](C)CC2)cc1. The number of carbonyl (C=O) groups is 1. The number of anilines is 2. The van der Waals surface area contributed by atoms with Crippen molar-refractivity contribution in [2.45, 2.75) is 13.3 Å². The minimum absolute atomic E-state index is 0.106. The number of hydrogen-bond acceptors (Lipinski definition) is 2. The van der Waals surface area contributed by atoms with Gasteiger partial charge in [0.2, 0.25) is 0 Å². The number of nitrogens with zero attached hydrogens (tertiary/aromatic N) is 1. The maximum absolute atomic E-state index is 12.6. The van der Waals surface area contributed by atoms with Crippen LogP contribution in [0.5, 0.6) is 0 Å². The number of nitrogens with one attached hydrogen (secondary N) is 2. The highest BCUT2D eigenvalue weighted by molar-refractivity contribution is 6.31. The van der Waals surface area contributed by atoms with Crippen LogP contribution < -0.4 is 15.1 Å². The molecule has 0 aliphatic carbocycles. The minimum Gasteiger partial charge on any atom is -0.359 e. The molecule has 132 valence electrons. The van der Waals surface area contributed by atoms with Gasteiger partial charge in [0.05, 0.1) is 44.6 Å². The van der Waals surface area contributed by atoms with E-state index in [0.29, 0.717) is 10.6 Å². The van der Waals surface area contributed by atoms with Crippen LogP contribution in [0.4, 0.5) is 11.4 Å². The predicted molar refractivity (Wildman–Crippen MR) is 104 cm³/mol. The highest BCUT2D eigenvalue weighted by Crippen LogP contribution is 2.29. The Hall–Kier alpha value is -2.04. The van der Waals surface area contributed by atoms with Gasteiger partial charge in [-0.2, -0.15) is 0 Å². The number of rotatable bonds is 4. The first kappa shape index (κ1) is 17.8. The van der Waals surface area contributed by atoms with Crippen LogP contribution in [0.1, 0.15) is 22.8 Å². The number of halogens is 1. The molecule has 1 aliphatic rings. The topological polar surface area (TPSA) is 36.8 Å². The third kappa shape index (κ3) is 4.33. The average molecular weight is 359 g/mol. The van der Waals surface area contributed by atoms with Gasteiger partial charge in [-0.15, -0.1) is 0 Å². The van der Waals surface area contributed by atoms with E-state index in [1.165, 1.54) is 10.5 Å². The summed E-state index contributed by atoms with van der Waals surface area (Å²) in [5, 5.41) is 3.67. The molecule has 1 aliphatic heterocycles. The monoisotopic (exact) mass is 358 g/mol. The van der Waals surface area contributed by atoms with Crippen molar-refractivity contribution < 1.29 is 9.69 Å². The van der Waals surface area contributed by atoms with E-state index < -0.39 is 0 Å². The van der Waals surface area contributed by atoms with E-state index in [2.05, 4.69) is 24.2 Å². The first-order chi connectivity index (χ1) is 12.1. The molecule has 1 amide bonds. The van der Waals surface area contributed by atoms with Gasteiger partial charge in [0, 0.05) is 10.6 Å². The second kappa shape index (κ2) is 7.89. The average Bonchev–Trinajstić information content (AvgIpc) is 2.63. The fourth-order valence-electron chi connectivity index (χ4n) is 3.10. The van der Waals surface area contributed by atoms with Gasteiger partial charge in [-0.1, -0.05) is 30.7 Å². The Balaban J connectivity index is 1.80. The van der Waals surface area contributed by atoms with Gasteiger partial charge >= 0.3 is 0 Å². The molecule has 0 spiro atoms. The summed E-state index contributed by atoms with van der Waals surface area (Å²) < 4.78 is 0. The Morgan fingerprint density at radius 1 is 1.16 bits per heavy atom. The number of quaternary nitrogens is 1. The van der Waals surface area contributed by atoms with Crippen LogP contribution in [-0.2, 0) is 6.42 Å². The molecule has 0 unspecified atom stereocenters. The van der Waals surface area contributed by atoms with E-state index in [1.54, 1.807) is 0 Å². The van der Waals surface area contributed by atoms with Gasteiger partial charge in [0.25, 0.3) is 5.91 Å². The van der Waals surface area contributed by atoms with Gasteiger partial charge in [0.1, 0.15) is 0 Å². The van der Waals surface area contributed by atoms with Crippen LogP contribution in [-0.4, -0.2) is 39.1 Å². The highest BCUT2D eigenvalue weighted by atomic mass is 35.5. The fraction of sp³-hybridized carbons (Fsp3) is 0.350. The maximum atomic E-state index is 12.6. The summed E-state index contributed by atoms with van der Waals surface area (Å²) in [6.45, 7) is 6.23. The van der Waals surface area contributed by atoms with Crippen molar-refractivity contribution in [1.29, 1.82) is 0 Å². The van der Waals surface area contributed by atoms with Crippen molar-refractivity contribution in [2.24, 2.45) is 0 Å². The molecule has 1 saturated heterocycles. The number of hydrogen-bond donors (Lipinski definition) is 2. The quantitative estimate of drug-likeness (QED) is 0.881. The van der Waals surface area contributed by atoms with Gasteiger partial charge in [-0.25, -0.2) is 0 Å². The van der Waals surface area contributed by atoms with Crippen LogP contribution >= 0.6 is 11.6 Å². The lowest BCUT2D eigenvalue weighted by atomic mass is 10.1. The number of likely N-dealkylation sites (N-methyl/N-ethyl adjacent to an activating group) is 1. The van der Waals surface area contributed by atoms with E-state index in [0.717, 1.165) is 44.0 Å². The summed E-state index contributed by atoms with van der Waals surface area (Å²) in [4.78, 5) is 16.5. The molecule has 2 aromatic rings. The zero-order valence-corrected chi connectivity index (χ0v) is 15.6. The molecule has 0 atom stereocenters. The molecule has 5 heteroatoms. The predicted octanol–water partition coefficient (Wildman–Crippen LogP) is 2.49. The normalized spacial score (nSPS) is 15.2. The Morgan fingerprint density at radius 2 is 1.84 bits per heavy atom. The lowest BCUT2D eigenvalue weighted by Crippen LogP contribution is -3.12. The number of aryl methyl sites for hydroxylation is 1. The summed E-state index contributed by atoms with van der Waals surface area (Å²) in [5.74, 6) is -0.106. The number of amides is 1. The summed E-state index contributed by atoms with van der Waals surface area (Å²) in [5.41, 5.74) is 3.69. The zero-order chi connectivity index (χ0) is 17.8. The lowest BCUT2D eigenvalue weighted by molar-refractivity contribution is -0.880. The summed E-state index contributed by atoms with van der Waals surface area (Å²) in [6.07, 6.45) is 0.964.